The minimum atomic E-state index is -0.243. The third kappa shape index (κ3) is 2.25. The largest absolute Gasteiger partial charge is 0.316 e. The number of halogens is 1. The SMILES string of the molecule is Fc1cncc(C2=C[C@H]3CNCC[C@H]3CC2)c1. The average Bonchev–Trinajstić information content (AvgIpc) is 2.38. The Labute approximate surface area is 101 Å². The second kappa shape index (κ2) is 4.57. The summed E-state index contributed by atoms with van der Waals surface area (Å²) in [7, 11) is 0. The zero-order valence-electron chi connectivity index (χ0n) is 9.82. The summed E-state index contributed by atoms with van der Waals surface area (Å²) in [6.07, 6.45) is 8.93. The van der Waals surface area contributed by atoms with Gasteiger partial charge >= 0.3 is 0 Å². The molecule has 1 fully saturated rings. The number of hydrogen-bond donors (Lipinski definition) is 1. The minimum absolute atomic E-state index is 0.243. The van der Waals surface area contributed by atoms with E-state index < -0.39 is 0 Å². The average molecular weight is 232 g/mol. The zero-order valence-corrected chi connectivity index (χ0v) is 9.82. The van der Waals surface area contributed by atoms with Gasteiger partial charge in [0, 0.05) is 12.7 Å². The van der Waals surface area contributed by atoms with Gasteiger partial charge in [0.2, 0.25) is 0 Å². The lowest BCUT2D eigenvalue weighted by Crippen LogP contribution is -2.37. The van der Waals surface area contributed by atoms with Gasteiger partial charge < -0.3 is 5.32 Å². The van der Waals surface area contributed by atoms with E-state index in [1.54, 1.807) is 12.3 Å². The normalized spacial score (nSPS) is 28.4. The highest BCUT2D eigenvalue weighted by Gasteiger charge is 2.27. The number of piperidine rings is 1. The molecule has 1 aromatic heterocycles. The summed E-state index contributed by atoms with van der Waals surface area (Å²) in [4.78, 5) is 3.93. The molecule has 2 aliphatic rings. The summed E-state index contributed by atoms with van der Waals surface area (Å²) in [6.45, 7) is 2.21. The Balaban J connectivity index is 1.86. The number of rotatable bonds is 1. The molecule has 0 unspecified atom stereocenters. The molecule has 90 valence electrons. The fraction of sp³-hybridized carbons (Fsp3) is 0.500. The van der Waals surface area contributed by atoms with E-state index in [0.29, 0.717) is 5.92 Å². The Kier molecular flexibility index (Phi) is 2.93. The molecule has 2 nitrogen and oxygen atoms in total. The number of allylic oxidation sites excluding steroid dienone is 1. The van der Waals surface area contributed by atoms with Crippen molar-refractivity contribution in [2.24, 2.45) is 11.8 Å². The van der Waals surface area contributed by atoms with Gasteiger partial charge in [-0.25, -0.2) is 4.39 Å². The zero-order chi connectivity index (χ0) is 11.7. The van der Waals surface area contributed by atoms with Crippen molar-refractivity contribution < 1.29 is 4.39 Å². The molecule has 0 spiro atoms. The first-order chi connectivity index (χ1) is 8.33. The van der Waals surface area contributed by atoms with Crippen molar-refractivity contribution in [2.45, 2.75) is 19.3 Å². The molecule has 1 N–H and O–H groups in total. The maximum Gasteiger partial charge on any atom is 0.142 e. The van der Waals surface area contributed by atoms with Crippen molar-refractivity contribution in [3.8, 4) is 0 Å². The Hall–Kier alpha value is -1.22. The number of nitrogens with zero attached hydrogens (tertiary/aromatic N) is 1. The molecule has 3 heteroatoms. The van der Waals surface area contributed by atoms with Crippen molar-refractivity contribution in [1.29, 1.82) is 0 Å². The fourth-order valence-corrected chi connectivity index (χ4v) is 3.00. The van der Waals surface area contributed by atoms with Crippen LogP contribution in [0.5, 0.6) is 0 Å². The lowest BCUT2D eigenvalue weighted by atomic mass is 9.76. The van der Waals surface area contributed by atoms with E-state index in [2.05, 4.69) is 16.4 Å². The van der Waals surface area contributed by atoms with Crippen LogP contribution in [-0.4, -0.2) is 18.1 Å². The topological polar surface area (TPSA) is 24.9 Å². The molecule has 3 rings (SSSR count). The van der Waals surface area contributed by atoms with Crippen LogP contribution in [0.3, 0.4) is 0 Å². The predicted octanol–water partition coefficient (Wildman–Crippen LogP) is 2.62. The van der Waals surface area contributed by atoms with Crippen molar-refractivity contribution in [2.75, 3.05) is 13.1 Å². The van der Waals surface area contributed by atoms with E-state index in [0.717, 1.165) is 31.0 Å². The van der Waals surface area contributed by atoms with Crippen molar-refractivity contribution in [1.82, 2.24) is 10.3 Å². The maximum absolute atomic E-state index is 13.2. The Morgan fingerprint density at radius 2 is 2.24 bits per heavy atom. The lowest BCUT2D eigenvalue weighted by molar-refractivity contribution is 0.279. The monoisotopic (exact) mass is 232 g/mol. The number of nitrogens with one attached hydrogen (secondary N) is 1. The van der Waals surface area contributed by atoms with E-state index >= 15 is 0 Å². The molecule has 0 radical (unpaired) electrons. The third-order valence-electron chi connectivity index (χ3n) is 3.95. The van der Waals surface area contributed by atoms with E-state index in [4.69, 9.17) is 0 Å². The molecule has 2 heterocycles. The van der Waals surface area contributed by atoms with E-state index in [9.17, 15) is 4.39 Å². The van der Waals surface area contributed by atoms with E-state index in [1.807, 2.05) is 0 Å². The van der Waals surface area contributed by atoms with Gasteiger partial charge in [0.1, 0.15) is 5.82 Å². The van der Waals surface area contributed by atoms with Crippen LogP contribution < -0.4 is 5.32 Å². The van der Waals surface area contributed by atoms with Gasteiger partial charge in [-0.3, -0.25) is 4.98 Å². The summed E-state index contributed by atoms with van der Waals surface area (Å²) in [5.41, 5.74) is 2.22. The first kappa shape index (κ1) is 10.9. The van der Waals surface area contributed by atoms with Crippen molar-refractivity contribution in [3.63, 3.8) is 0 Å². The van der Waals surface area contributed by atoms with Gasteiger partial charge in [-0.15, -0.1) is 0 Å². The Morgan fingerprint density at radius 3 is 3.12 bits per heavy atom. The maximum atomic E-state index is 13.2. The molecule has 1 aliphatic carbocycles. The molecule has 1 aromatic rings. The van der Waals surface area contributed by atoms with Gasteiger partial charge in [-0.05, 0) is 54.8 Å². The standard InChI is InChI=1S/C14H17FN2/c15-14-6-13(8-17-9-14)11-2-1-10-3-4-16-7-12(10)5-11/h5-6,8-10,12,16H,1-4,7H2/t10-,12+/m1/s1. The number of hydrogen-bond acceptors (Lipinski definition) is 2. The van der Waals surface area contributed by atoms with Crippen LogP contribution in [0.25, 0.3) is 5.57 Å². The molecule has 1 saturated heterocycles. The van der Waals surface area contributed by atoms with Gasteiger partial charge in [-0.1, -0.05) is 6.08 Å². The second-order valence-electron chi connectivity index (χ2n) is 5.04. The molecule has 0 bridgehead atoms. The summed E-state index contributed by atoms with van der Waals surface area (Å²) in [5, 5.41) is 3.43. The van der Waals surface area contributed by atoms with Gasteiger partial charge in [0.25, 0.3) is 0 Å². The number of pyridine rings is 1. The summed E-state index contributed by atoms with van der Waals surface area (Å²) < 4.78 is 13.2. The molecular weight excluding hydrogens is 215 g/mol. The quantitative estimate of drug-likeness (QED) is 0.805. The lowest BCUT2D eigenvalue weighted by Gasteiger charge is -2.34. The molecule has 0 amide bonds. The van der Waals surface area contributed by atoms with E-state index in [1.165, 1.54) is 24.6 Å². The third-order valence-corrected chi connectivity index (χ3v) is 3.95. The number of aromatic nitrogens is 1. The van der Waals surface area contributed by atoms with Crippen molar-refractivity contribution >= 4 is 5.57 Å². The fourth-order valence-electron chi connectivity index (χ4n) is 3.00. The highest BCUT2D eigenvalue weighted by atomic mass is 19.1. The highest BCUT2D eigenvalue weighted by molar-refractivity contribution is 5.66. The van der Waals surface area contributed by atoms with Crippen LogP contribution in [-0.2, 0) is 0 Å². The van der Waals surface area contributed by atoms with Crippen LogP contribution >= 0.6 is 0 Å². The van der Waals surface area contributed by atoms with Gasteiger partial charge in [0.05, 0.1) is 6.20 Å². The molecule has 2 atom stereocenters. The predicted molar refractivity (Wildman–Crippen MR) is 65.9 cm³/mol. The molecular formula is C14H17FN2. The van der Waals surface area contributed by atoms with Crippen molar-refractivity contribution in [3.05, 3.63) is 35.9 Å². The highest BCUT2D eigenvalue weighted by Crippen LogP contribution is 2.36. The van der Waals surface area contributed by atoms with Gasteiger partial charge in [0.15, 0.2) is 0 Å². The Morgan fingerprint density at radius 1 is 1.29 bits per heavy atom. The first-order valence-electron chi connectivity index (χ1n) is 6.35. The summed E-state index contributed by atoms with van der Waals surface area (Å²) in [5.74, 6) is 1.20. The number of fused-ring (bicyclic) bond motifs is 1. The first-order valence-corrected chi connectivity index (χ1v) is 6.35. The molecule has 0 saturated carbocycles. The smallest absolute Gasteiger partial charge is 0.142 e. The Bertz CT molecular complexity index is 442. The molecule has 0 aromatic carbocycles. The van der Waals surface area contributed by atoms with Crippen LogP contribution in [0.2, 0.25) is 0 Å². The summed E-state index contributed by atoms with van der Waals surface area (Å²) >= 11 is 0. The van der Waals surface area contributed by atoms with E-state index in [-0.39, 0.29) is 5.82 Å². The van der Waals surface area contributed by atoms with Crippen LogP contribution in [0, 0.1) is 17.7 Å². The molecule has 1 aliphatic heterocycles. The molecule has 17 heavy (non-hydrogen) atoms. The minimum Gasteiger partial charge on any atom is -0.316 e. The summed E-state index contributed by atoms with van der Waals surface area (Å²) in [6, 6.07) is 1.59. The van der Waals surface area contributed by atoms with Gasteiger partial charge in [-0.2, -0.15) is 0 Å². The van der Waals surface area contributed by atoms with Crippen LogP contribution in [0.4, 0.5) is 4.39 Å². The van der Waals surface area contributed by atoms with Crippen LogP contribution in [0.15, 0.2) is 24.5 Å². The van der Waals surface area contributed by atoms with Crippen LogP contribution in [0.1, 0.15) is 24.8 Å². The second-order valence-corrected chi connectivity index (χ2v) is 5.04.